The molecule has 0 unspecified atom stereocenters. The molecule has 1 saturated carbocycles. The van der Waals surface area contributed by atoms with E-state index in [1.807, 2.05) is 25.7 Å². The lowest BCUT2D eigenvalue weighted by Gasteiger charge is -2.08. The second kappa shape index (κ2) is 5.77. The number of rotatable bonds is 4. The molecule has 5 heteroatoms. The van der Waals surface area contributed by atoms with Crippen molar-refractivity contribution in [2.75, 3.05) is 0 Å². The number of carbonyl (C=O) groups excluding carboxylic acids is 1. The third-order valence-corrected chi connectivity index (χ3v) is 2.79. The molecule has 5 nitrogen and oxygen atoms in total. The van der Waals surface area contributed by atoms with E-state index in [1.165, 1.54) is 17.3 Å². The minimum Gasteiger partial charge on any atom is -0.285 e. The zero-order chi connectivity index (χ0) is 13.8. The van der Waals surface area contributed by atoms with Crippen LogP contribution in [-0.4, -0.2) is 25.5 Å². The monoisotopic (exact) mass is 263 g/mol. The summed E-state index contributed by atoms with van der Waals surface area (Å²) >= 11 is 0. The summed E-state index contributed by atoms with van der Waals surface area (Å²) in [7, 11) is 0. The number of nitrogens with zero attached hydrogens (tertiary/aromatic N) is 4. The van der Waals surface area contributed by atoms with Crippen LogP contribution in [0.25, 0.3) is 5.70 Å². The second-order valence-electron chi connectivity index (χ2n) is 4.13. The molecule has 0 amide bonds. The summed E-state index contributed by atoms with van der Waals surface area (Å²) in [5, 5.41) is 4.03. The van der Waals surface area contributed by atoms with Crippen molar-refractivity contribution in [2.24, 2.45) is 0 Å². The van der Waals surface area contributed by atoms with E-state index in [9.17, 15) is 4.79 Å². The van der Waals surface area contributed by atoms with Gasteiger partial charge in [0.2, 0.25) is 5.78 Å². The van der Waals surface area contributed by atoms with Gasteiger partial charge >= 0.3 is 0 Å². The number of aromatic nitrogens is 4. The lowest BCUT2D eigenvalue weighted by molar-refractivity contribution is 0.104. The standard InChI is InChI=1S/C15H11N4O/c20-15(13-7-3-4-8-17-13)14(19-11-16-10-18-19)9-12-5-1-2-6-12/h1-11H/b14-9-. The fraction of sp³-hybridized carbons (Fsp3) is 0. The topological polar surface area (TPSA) is 60.7 Å². The average molecular weight is 263 g/mol. The van der Waals surface area contributed by atoms with Crippen molar-refractivity contribution >= 4 is 11.5 Å². The molecule has 1 aliphatic carbocycles. The Balaban J connectivity index is 1.95. The van der Waals surface area contributed by atoms with Crippen molar-refractivity contribution < 1.29 is 4.79 Å². The highest BCUT2D eigenvalue weighted by atomic mass is 16.1. The Hall–Kier alpha value is -2.30. The molecule has 0 aromatic carbocycles. The highest BCUT2D eigenvalue weighted by molar-refractivity contribution is 6.23. The molecule has 0 spiro atoms. The van der Waals surface area contributed by atoms with Gasteiger partial charge in [0.15, 0.2) is 0 Å². The van der Waals surface area contributed by atoms with Gasteiger partial charge in [0.25, 0.3) is 0 Å². The fourth-order valence-corrected chi connectivity index (χ4v) is 1.84. The first-order chi connectivity index (χ1) is 9.84. The first-order valence-electron chi connectivity index (χ1n) is 6.09. The van der Waals surface area contributed by atoms with Gasteiger partial charge in [0.1, 0.15) is 24.0 Å². The molecule has 97 valence electrons. The summed E-state index contributed by atoms with van der Waals surface area (Å²) in [6.45, 7) is 0. The molecule has 0 aliphatic heterocycles. The minimum absolute atomic E-state index is 0.197. The van der Waals surface area contributed by atoms with Gasteiger partial charge in [-0.05, 0) is 43.9 Å². The van der Waals surface area contributed by atoms with E-state index in [0.717, 1.165) is 5.92 Å². The predicted octanol–water partition coefficient (Wildman–Crippen LogP) is 1.80. The van der Waals surface area contributed by atoms with Crippen LogP contribution < -0.4 is 0 Å². The SMILES string of the molecule is O=C(/C(=C/[C]1[CH][CH][CH][CH]1)n1cncn1)c1ccccn1. The molecule has 1 aliphatic rings. The van der Waals surface area contributed by atoms with Crippen LogP contribution in [0.5, 0.6) is 0 Å². The van der Waals surface area contributed by atoms with Crippen LogP contribution in [0, 0.1) is 31.6 Å². The Bertz CT molecular complexity index is 598. The first-order valence-corrected chi connectivity index (χ1v) is 6.09. The zero-order valence-corrected chi connectivity index (χ0v) is 10.5. The fourth-order valence-electron chi connectivity index (χ4n) is 1.84. The Kier molecular flexibility index (Phi) is 3.67. The molecule has 0 bridgehead atoms. The van der Waals surface area contributed by atoms with Gasteiger partial charge in [-0.15, -0.1) is 0 Å². The molecule has 3 rings (SSSR count). The number of carbonyl (C=O) groups is 1. The maximum atomic E-state index is 12.6. The van der Waals surface area contributed by atoms with Crippen molar-refractivity contribution in [3.05, 3.63) is 80.4 Å². The van der Waals surface area contributed by atoms with Gasteiger partial charge in [-0.2, -0.15) is 5.10 Å². The van der Waals surface area contributed by atoms with Crippen LogP contribution in [0.1, 0.15) is 10.5 Å². The van der Waals surface area contributed by atoms with Crippen LogP contribution in [0.2, 0.25) is 0 Å². The second-order valence-corrected chi connectivity index (χ2v) is 4.13. The molecule has 2 heterocycles. The first kappa shape index (κ1) is 12.7. The number of hydrogen-bond acceptors (Lipinski definition) is 4. The number of allylic oxidation sites excluding steroid dienone is 2. The maximum absolute atomic E-state index is 12.6. The summed E-state index contributed by atoms with van der Waals surface area (Å²) < 4.78 is 1.45. The molecular formula is C15H11N4O. The van der Waals surface area contributed by atoms with E-state index in [1.54, 1.807) is 30.5 Å². The molecule has 5 radical (unpaired) electrons. The molecule has 1 fully saturated rings. The highest BCUT2D eigenvalue weighted by Gasteiger charge is 2.21. The van der Waals surface area contributed by atoms with E-state index >= 15 is 0 Å². The molecular weight excluding hydrogens is 252 g/mol. The van der Waals surface area contributed by atoms with Gasteiger partial charge < -0.3 is 0 Å². The third-order valence-electron chi connectivity index (χ3n) is 2.79. The third kappa shape index (κ3) is 2.66. The van der Waals surface area contributed by atoms with E-state index in [-0.39, 0.29) is 5.78 Å². The van der Waals surface area contributed by atoms with Gasteiger partial charge in [0, 0.05) is 12.1 Å². The summed E-state index contributed by atoms with van der Waals surface area (Å²) in [6.07, 6.45) is 13.9. The van der Waals surface area contributed by atoms with Crippen molar-refractivity contribution in [1.29, 1.82) is 0 Å². The normalized spacial score (nSPS) is 16.5. The van der Waals surface area contributed by atoms with Crippen LogP contribution >= 0.6 is 0 Å². The number of ketones is 1. The summed E-state index contributed by atoms with van der Waals surface area (Å²) in [6, 6.07) is 5.23. The Morgan fingerprint density at radius 2 is 2.05 bits per heavy atom. The highest BCUT2D eigenvalue weighted by Crippen LogP contribution is 2.27. The van der Waals surface area contributed by atoms with Crippen molar-refractivity contribution in [2.45, 2.75) is 0 Å². The molecule has 2 aromatic rings. The summed E-state index contributed by atoms with van der Waals surface area (Å²) in [5.74, 6) is 0.733. The Morgan fingerprint density at radius 1 is 1.20 bits per heavy atom. The van der Waals surface area contributed by atoms with E-state index in [2.05, 4.69) is 15.1 Å². The minimum atomic E-state index is -0.197. The number of hydrogen-bond donors (Lipinski definition) is 0. The largest absolute Gasteiger partial charge is 0.285 e. The van der Waals surface area contributed by atoms with E-state index < -0.39 is 0 Å². The number of pyridine rings is 1. The van der Waals surface area contributed by atoms with Crippen LogP contribution in [0.15, 0.2) is 43.1 Å². The van der Waals surface area contributed by atoms with E-state index in [4.69, 9.17) is 0 Å². The Morgan fingerprint density at radius 3 is 2.70 bits per heavy atom. The van der Waals surface area contributed by atoms with Crippen molar-refractivity contribution in [1.82, 2.24) is 19.7 Å². The zero-order valence-electron chi connectivity index (χ0n) is 10.5. The van der Waals surface area contributed by atoms with Crippen LogP contribution in [-0.2, 0) is 0 Å². The molecule has 20 heavy (non-hydrogen) atoms. The molecule has 2 aromatic heterocycles. The predicted molar refractivity (Wildman–Crippen MR) is 73.3 cm³/mol. The van der Waals surface area contributed by atoms with Gasteiger partial charge in [-0.25, -0.2) is 9.67 Å². The Labute approximate surface area is 117 Å². The molecule has 0 atom stereocenters. The number of Topliss-reactive ketones (excluding diaryl/α,β-unsaturated/α-hetero) is 1. The van der Waals surface area contributed by atoms with Crippen LogP contribution in [0.3, 0.4) is 0 Å². The van der Waals surface area contributed by atoms with Gasteiger partial charge in [-0.3, -0.25) is 9.78 Å². The smallest absolute Gasteiger partial charge is 0.229 e. The molecule has 0 saturated heterocycles. The maximum Gasteiger partial charge on any atom is 0.229 e. The molecule has 0 N–H and O–H groups in total. The average Bonchev–Trinajstić information content (AvgIpc) is 3.18. The van der Waals surface area contributed by atoms with Crippen LogP contribution in [0.4, 0.5) is 0 Å². The van der Waals surface area contributed by atoms with Crippen molar-refractivity contribution in [3.8, 4) is 0 Å². The summed E-state index contributed by atoms with van der Waals surface area (Å²) in [5.41, 5.74) is 0.785. The van der Waals surface area contributed by atoms with E-state index in [0.29, 0.717) is 11.4 Å². The quantitative estimate of drug-likeness (QED) is 0.623. The van der Waals surface area contributed by atoms with Crippen molar-refractivity contribution in [3.63, 3.8) is 0 Å². The van der Waals surface area contributed by atoms with Gasteiger partial charge in [0.05, 0.1) is 0 Å². The lowest BCUT2D eigenvalue weighted by Crippen LogP contribution is -2.12. The van der Waals surface area contributed by atoms with Gasteiger partial charge in [-0.1, -0.05) is 6.07 Å². The lowest BCUT2D eigenvalue weighted by atomic mass is 10.0. The summed E-state index contributed by atoms with van der Waals surface area (Å²) in [4.78, 5) is 20.5.